The molecule has 0 aliphatic carbocycles. The Morgan fingerprint density at radius 3 is 2.79 bits per heavy atom. The zero-order chi connectivity index (χ0) is 17.5. The van der Waals surface area contributed by atoms with E-state index in [0.29, 0.717) is 37.3 Å². The maximum atomic E-state index is 12.2. The average Bonchev–Trinajstić information content (AvgIpc) is 2.50. The monoisotopic (exact) mass is 349 g/mol. The Balaban J connectivity index is 1.84. The maximum Gasteiger partial charge on any atom is 0.256 e. The Hall–Kier alpha value is -2.19. The number of nitrogens with zero attached hydrogens (tertiary/aromatic N) is 2. The van der Waals surface area contributed by atoms with Crippen LogP contribution >= 0.6 is 0 Å². The molecule has 0 spiro atoms. The molecule has 0 radical (unpaired) electrons. The Morgan fingerprint density at radius 2 is 2.12 bits per heavy atom. The summed E-state index contributed by atoms with van der Waals surface area (Å²) >= 11 is 0. The molecule has 3 rings (SSSR count). The van der Waals surface area contributed by atoms with Crippen LogP contribution in [-0.2, 0) is 29.3 Å². The van der Waals surface area contributed by atoms with Crippen LogP contribution in [0.1, 0.15) is 22.4 Å². The number of aromatic nitrogens is 2. The van der Waals surface area contributed by atoms with E-state index in [1.807, 2.05) is 19.1 Å². The number of aromatic amines is 1. The van der Waals surface area contributed by atoms with Gasteiger partial charge in [0, 0.05) is 32.3 Å². The molecular weight excluding hydrogens is 330 g/mol. The maximum absolute atomic E-state index is 12.2. The van der Waals surface area contributed by atoms with Gasteiger partial charge in [0.2, 0.25) is 15.0 Å². The first-order valence-electron chi connectivity index (χ1n) is 7.57. The molecular formula is C16H19N3O4S. The van der Waals surface area contributed by atoms with Gasteiger partial charge in [0.1, 0.15) is 5.75 Å². The fourth-order valence-corrected chi connectivity index (χ4v) is 3.40. The first kappa shape index (κ1) is 16.7. The van der Waals surface area contributed by atoms with E-state index in [-0.39, 0.29) is 10.9 Å². The number of fused-ring (bicyclic) bond motifs is 1. The number of aryl methyl sites for hydroxylation is 1. The minimum atomic E-state index is -3.53. The molecule has 1 aliphatic rings. The van der Waals surface area contributed by atoms with E-state index in [9.17, 15) is 18.3 Å². The van der Waals surface area contributed by atoms with Crippen molar-refractivity contribution in [2.75, 3.05) is 12.8 Å². The normalized spacial score (nSPS) is 15.2. The summed E-state index contributed by atoms with van der Waals surface area (Å²) in [5, 5.41) is 9.32. The molecule has 1 aromatic heterocycles. The van der Waals surface area contributed by atoms with Gasteiger partial charge in [-0.3, -0.25) is 14.7 Å². The van der Waals surface area contributed by atoms with E-state index >= 15 is 0 Å². The molecule has 7 nitrogen and oxygen atoms in total. The molecule has 0 atom stereocenters. The number of hydrogen-bond acceptors (Lipinski definition) is 6. The smallest absolute Gasteiger partial charge is 0.256 e. The number of aromatic hydroxyl groups is 1. The highest BCUT2D eigenvalue weighted by atomic mass is 32.2. The number of sulfone groups is 1. The molecule has 0 saturated carbocycles. The van der Waals surface area contributed by atoms with Crippen molar-refractivity contribution in [3.63, 3.8) is 0 Å². The molecule has 1 aliphatic heterocycles. The van der Waals surface area contributed by atoms with Gasteiger partial charge in [-0.25, -0.2) is 13.4 Å². The van der Waals surface area contributed by atoms with Crippen molar-refractivity contribution in [3.8, 4) is 5.75 Å². The van der Waals surface area contributed by atoms with Crippen molar-refractivity contribution in [1.82, 2.24) is 14.9 Å². The summed E-state index contributed by atoms with van der Waals surface area (Å²) in [5.41, 5.74) is 2.53. The molecule has 128 valence electrons. The van der Waals surface area contributed by atoms with Crippen LogP contribution in [0.5, 0.6) is 5.75 Å². The third-order valence-corrected chi connectivity index (χ3v) is 5.04. The second-order valence-electron chi connectivity index (χ2n) is 6.15. The van der Waals surface area contributed by atoms with Gasteiger partial charge in [-0.15, -0.1) is 0 Å². The Bertz CT molecular complexity index is 950. The zero-order valence-corrected chi connectivity index (χ0v) is 14.4. The van der Waals surface area contributed by atoms with Crippen molar-refractivity contribution < 1.29 is 13.5 Å². The highest BCUT2D eigenvalue weighted by Gasteiger charge is 2.23. The first-order valence-corrected chi connectivity index (χ1v) is 9.46. The highest BCUT2D eigenvalue weighted by molar-refractivity contribution is 7.90. The van der Waals surface area contributed by atoms with Crippen LogP contribution in [0, 0.1) is 6.92 Å². The van der Waals surface area contributed by atoms with Crippen molar-refractivity contribution >= 4 is 9.84 Å². The predicted molar refractivity (Wildman–Crippen MR) is 88.6 cm³/mol. The lowest BCUT2D eigenvalue weighted by atomic mass is 10.1. The standard InChI is InChI=1S/C16H19N3O4S/c1-10-7-11(3-4-14(10)20)8-19-6-5-13-12(9-19)15(21)18-16(17-13)24(2,22)23/h3-4,7,20H,5-6,8-9H2,1-2H3,(H,17,18,21). The van der Waals surface area contributed by atoms with E-state index in [4.69, 9.17) is 0 Å². The molecule has 2 N–H and O–H groups in total. The molecule has 0 fully saturated rings. The van der Waals surface area contributed by atoms with Gasteiger partial charge in [0.15, 0.2) is 0 Å². The second kappa shape index (κ2) is 6.03. The van der Waals surface area contributed by atoms with E-state index in [1.165, 1.54) is 0 Å². The third kappa shape index (κ3) is 3.34. The average molecular weight is 349 g/mol. The van der Waals surface area contributed by atoms with E-state index in [1.54, 1.807) is 6.07 Å². The minimum Gasteiger partial charge on any atom is -0.508 e. The molecule has 0 unspecified atom stereocenters. The van der Waals surface area contributed by atoms with Gasteiger partial charge in [-0.05, 0) is 24.1 Å². The first-order chi connectivity index (χ1) is 11.2. The van der Waals surface area contributed by atoms with Crippen LogP contribution in [0.2, 0.25) is 0 Å². The molecule has 0 bridgehead atoms. The van der Waals surface area contributed by atoms with Gasteiger partial charge in [0.25, 0.3) is 5.56 Å². The fraction of sp³-hybridized carbons (Fsp3) is 0.375. The Kier molecular flexibility index (Phi) is 4.18. The van der Waals surface area contributed by atoms with Crippen molar-refractivity contribution in [1.29, 1.82) is 0 Å². The lowest BCUT2D eigenvalue weighted by Gasteiger charge is -2.27. The number of H-pyrrole nitrogens is 1. The zero-order valence-electron chi connectivity index (χ0n) is 13.5. The summed E-state index contributed by atoms with van der Waals surface area (Å²) in [4.78, 5) is 20.8. The largest absolute Gasteiger partial charge is 0.508 e. The number of phenols is 1. The predicted octanol–water partition coefficient (Wildman–Crippen LogP) is 0.746. The Labute approximate surface area is 139 Å². The van der Waals surface area contributed by atoms with Crippen molar-refractivity contribution in [2.45, 2.75) is 31.6 Å². The van der Waals surface area contributed by atoms with Crippen LogP contribution in [0.15, 0.2) is 28.2 Å². The Morgan fingerprint density at radius 1 is 1.38 bits per heavy atom. The topological polar surface area (TPSA) is 103 Å². The summed E-state index contributed by atoms with van der Waals surface area (Å²) < 4.78 is 23.1. The van der Waals surface area contributed by atoms with Crippen LogP contribution in [0.25, 0.3) is 0 Å². The van der Waals surface area contributed by atoms with Crippen LogP contribution in [0.3, 0.4) is 0 Å². The molecule has 0 amide bonds. The van der Waals surface area contributed by atoms with Crippen LogP contribution in [-0.4, -0.2) is 41.2 Å². The van der Waals surface area contributed by atoms with Crippen LogP contribution < -0.4 is 5.56 Å². The number of rotatable bonds is 3. The van der Waals surface area contributed by atoms with Gasteiger partial charge < -0.3 is 5.11 Å². The van der Waals surface area contributed by atoms with Gasteiger partial charge in [0.05, 0.1) is 11.3 Å². The molecule has 2 heterocycles. The lowest BCUT2D eigenvalue weighted by molar-refractivity contribution is 0.240. The molecule has 0 saturated heterocycles. The lowest BCUT2D eigenvalue weighted by Crippen LogP contribution is -2.36. The molecule has 1 aromatic carbocycles. The van der Waals surface area contributed by atoms with Crippen molar-refractivity contribution in [2.24, 2.45) is 0 Å². The number of hydrogen-bond donors (Lipinski definition) is 2. The van der Waals surface area contributed by atoms with Crippen molar-refractivity contribution in [3.05, 3.63) is 50.9 Å². The van der Waals surface area contributed by atoms with E-state index in [2.05, 4.69) is 14.9 Å². The fourth-order valence-electron chi connectivity index (χ4n) is 2.84. The third-order valence-electron chi connectivity index (χ3n) is 4.14. The summed E-state index contributed by atoms with van der Waals surface area (Å²) in [6, 6.07) is 5.43. The number of nitrogens with one attached hydrogen (secondary N) is 1. The molecule has 2 aromatic rings. The van der Waals surface area contributed by atoms with Gasteiger partial charge >= 0.3 is 0 Å². The quantitative estimate of drug-likeness (QED) is 0.793. The minimum absolute atomic E-state index is 0.261. The summed E-state index contributed by atoms with van der Waals surface area (Å²) in [5.74, 6) is 0.261. The second-order valence-corrected chi connectivity index (χ2v) is 8.08. The van der Waals surface area contributed by atoms with Crippen LogP contribution in [0.4, 0.5) is 0 Å². The van der Waals surface area contributed by atoms with Gasteiger partial charge in [-0.2, -0.15) is 0 Å². The SMILES string of the molecule is Cc1cc(CN2CCc3nc(S(C)(=O)=O)[nH]c(=O)c3C2)ccc1O. The summed E-state index contributed by atoms with van der Waals surface area (Å²) in [7, 11) is -3.53. The summed E-state index contributed by atoms with van der Waals surface area (Å²) in [6.07, 6.45) is 1.55. The highest BCUT2D eigenvalue weighted by Crippen LogP contribution is 2.21. The number of benzene rings is 1. The van der Waals surface area contributed by atoms with Gasteiger partial charge in [-0.1, -0.05) is 12.1 Å². The molecule has 24 heavy (non-hydrogen) atoms. The summed E-state index contributed by atoms with van der Waals surface area (Å²) in [6.45, 7) is 3.59. The van der Waals surface area contributed by atoms with E-state index < -0.39 is 15.4 Å². The molecule has 8 heteroatoms. The van der Waals surface area contributed by atoms with E-state index in [0.717, 1.165) is 17.4 Å². The number of phenolic OH excluding ortho intramolecular Hbond substituents is 1.